The lowest BCUT2D eigenvalue weighted by molar-refractivity contribution is -0.0881. The predicted octanol–water partition coefficient (Wildman–Crippen LogP) is 4.29. The quantitative estimate of drug-likeness (QED) is 0.659. The molecular formula is C18H17F3N2O. The summed E-state index contributed by atoms with van der Waals surface area (Å²) in [6.45, 7) is 3.80. The molecule has 0 aromatic heterocycles. The lowest BCUT2D eigenvalue weighted by atomic mass is 10.1. The average Bonchev–Trinajstić information content (AvgIpc) is 2.80. The van der Waals surface area contributed by atoms with E-state index in [0.29, 0.717) is 29.0 Å². The van der Waals surface area contributed by atoms with Gasteiger partial charge < -0.3 is 10.5 Å². The molecule has 3 nitrogen and oxygen atoms in total. The lowest BCUT2D eigenvalue weighted by Crippen LogP contribution is -2.13. The number of alkyl halides is 3. The molecular weight excluding hydrogens is 317 g/mol. The Morgan fingerprint density at radius 3 is 2.71 bits per heavy atom. The van der Waals surface area contributed by atoms with Crippen LogP contribution in [-0.2, 0) is 0 Å². The monoisotopic (exact) mass is 334 g/mol. The Hall–Kier alpha value is -2.76. The molecule has 2 rings (SSSR count). The summed E-state index contributed by atoms with van der Waals surface area (Å²) in [5.41, 5.74) is 6.77. The maximum Gasteiger partial charge on any atom is 0.416 e. The number of nitrogens with zero attached hydrogens (tertiary/aromatic N) is 1. The fourth-order valence-electron chi connectivity index (χ4n) is 2.09. The fourth-order valence-corrected chi connectivity index (χ4v) is 2.09. The Morgan fingerprint density at radius 2 is 2.04 bits per heavy atom. The number of hydrogen-bond acceptors (Lipinski definition) is 2. The number of benzene rings is 1. The molecule has 24 heavy (non-hydrogen) atoms. The molecule has 0 bridgehead atoms. The molecule has 0 fully saturated rings. The van der Waals surface area contributed by atoms with Gasteiger partial charge in [-0.1, -0.05) is 36.9 Å². The van der Waals surface area contributed by atoms with Crippen molar-refractivity contribution in [2.75, 3.05) is 7.11 Å². The van der Waals surface area contributed by atoms with Crippen molar-refractivity contribution in [1.82, 2.24) is 0 Å². The third kappa shape index (κ3) is 4.38. The van der Waals surface area contributed by atoms with Gasteiger partial charge in [-0.15, -0.1) is 0 Å². The minimum absolute atomic E-state index is 0.216. The standard InChI is InChI=1S/C18H17F3N2O/c1-12(13-5-3-7-15(10-9-13)18(19,20)21)23-17(22)14-6-4-8-16(11-14)24-2/h3-4,6-11H,1,5H2,2H3,(H2,22,23). The zero-order valence-corrected chi connectivity index (χ0v) is 13.1. The van der Waals surface area contributed by atoms with E-state index in [0.717, 1.165) is 12.2 Å². The van der Waals surface area contributed by atoms with Crippen molar-refractivity contribution in [3.63, 3.8) is 0 Å². The first-order valence-corrected chi connectivity index (χ1v) is 7.13. The van der Waals surface area contributed by atoms with Gasteiger partial charge in [-0.2, -0.15) is 13.2 Å². The van der Waals surface area contributed by atoms with Crippen LogP contribution in [0.4, 0.5) is 13.2 Å². The summed E-state index contributed by atoms with van der Waals surface area (Å²) in [6.07, 6.45) is 0.776. The molecule has 0 heterocycles. The number of ether oxygens (including phenoxy) is 1. The topological polar surface area (TPSA) is 47.6 Å². The molecule has 0 spiro atoms. The first-order chi connectivity index (χ1) is 11.3. The molecule has 2 N–H and O–H groups in total. The van der Waals surface area contributed by atoms with Crippen molar-refractivity contribution in [1.29, 1.82) is 0 Å². The minimum Gasteiger partial charge on any atom is -0.497 e. The molecule has 0 unspecified atom stereocenters. The van der Waals surface area contributed by atoms with Crippen molar-refractivity contribution in [2.45, 2.75) is 12.6 Å². The van der Waals surface area contributed by atoms with Gasteiger partial charge in [-0.05, 0) is 30.2 Å². The van der Waals surface area contributed by atoms with Crippen molar-refractivity contribution < 1.29 is 17.9 Å². The number of rotatable bonds is 4. The average molecular weight is 334 g/mol. The maximum absolute atomic E-state index is 12.7. The van der Waals surface area contributed by atoms with Crippen LogP contribution in [0, 0.1) is 0 Å². The molecule has 0 atom stereocenters. The van der Waals surface area contributed by atoms with E-state index >= 15 is 0 Å². The van der Waals surface area contributed by atoms with E-state index in [2.05, 4.69) is 11.6 Å². The Balaban J connectivity index is 2.24. The Morgan fingerprint density at radius 1 is 1.29 bits per heavy atom. The molecule has 6 heteroatoms. The Kier molecular flexibility index (Phi) is 5.28. The predicted molar refractivity (Wildman–Crippen MR) is 88.8 cm³/mol. The van der Waals surface area contributed by atoms with Crippen molar-refractivity contribution in [3.8, 4) is 5.75 Å². The first-order valence-electron chi connectivity index (χ1n) is 7.13. The SMILES string of the molecule is C=C(N=C(N)c1cccc(OC)c1)C1=CC=C(C(F)(F)F)C=CC1. The van der Waals surface area contributed by atoms with Gasteiger partial charge in [-0.25, -0.2) is 4.99 Å². The summed E-state index contributed by atoms with van der Waals surface area (Å²) < 4.78 is 43.3. The van der Waals surface area contributed by atoms with Gasteiger partial charge in [0.1, 0.15) is 11.6 Å². The summed E-state index contributed by atoms with van der Waals surface area (Å²) in [5.74, 6) is 0.846. The second kappa shape index (κ2) is 7.21. The highest BCUT2D eigenvalue weighted by molar-refractivity contribution is 5.98. The maximum atomic E-state index is 12.7. The zero-order chi connectivity index (χ0) is 17.7. The van der Waals surface area contributed by atoms with Gasteiger partial charge in [0.25, 0.3) is 0 Å². The van der Waals surface area contributed by atoms with Crippen molar-refractivity contribution in [2.24, 2.45) is 10.7 Å². The van der Waals surface area contributed by atoms with Crippen LogP contribution in [-0.4, -0.2) is 19.1 Å². The molecule has 0 amide bonds. The van der Waals surface area contributed by atoms with Gasteiger partial charge in [0, 0.05) is 5.56 Å². The van der Waals surface area contributed by atoms with E-state index in [1.165, 1.54) is 12.2 Å². The number of methoxy groups -OCH3 is 1. The minimum atomic E-state index is -4.38. The second-order valence-electron chi connectivity index (χ2n) is 5.09. The van der Waals surface area contributed by atoms with Crippen LogP contribution in [0.1, 0.15) is 12.0 Å². The number of allylic oxidation sites excluding steroid dienone is 6. The molecule has 1 aromatic rings. The van der Waals surface area contributed by atoms with E-state index in [-0.39, 0.29) is 5.84 Å². The Labute approximate surface area is 138 Å². The second-order valence-corrected chi connectivity index (χ2v) is 5.09. The van der Waals surface area contributed by atoms with E-state index in [1.54, 1.807) is 31.4 Å². The van der Waals surface area contributed by atoms with Crippen LogP contribution in [0.5, 0.6) is 5.75 Å². The molecule has 0 saturated heterocycles. The third-order valence-corrected chi connectivity index (χ3v) is 3.42. The normalized spacial score (nSPS) is 15.4. The lowest BCUT2D eigenvalue weighted by Gasteiger charge is -2.07. The van der Waals surface area contributed by atoms with Crippen molar-refractivity contribution in [3.05, 3.63) is 77.6 Å². The number of aliphatic imine (C=N–C) groups is 1. The highest BCUT2D eigenvalue weighted by Crippen LogP contribution is 2.29. The Bertz CT molecular complexity index is 756. The molecule has 1 aliphatic rings. The van der Waals surface area contributed by atoms with Gasteiger partial charge in [-0.3, -0.25) is 0 Å². The highest BCUT2D eigenvalue weighted by atomic mass is 19.4. The molecule has 0 aliphatic heterocycles. The number of hydrogen-bond donors (Lipinski definition) is 1. The van der Waals surface area contributed by atoms with Crippen LogP contribution in [0.15, 0.2) is 77.0 Å². The molecule has 126 valence electrons. The summed E-state index contributed by atoms with van der Waals surface area (Å²) in [6, 6.07) is 7.02. The molecule has 1 aromatic carbocycles. The summed E-state index contributed by atoms with van der Waals surface area (Å²) in [7, 11) is 1.54. The van der Waals surface area contributed by atoms with E-state index in [4.69, 9.17) is 10.5 Å². The third-order valence-electron chi connectivity index (χ3n) is 3.42. The summed E-state index contributed by atoms with van der Waals surface area (Å²) in [4.78, 5) is 4.21. The fraction of sp³-hybridized carbons (Fsp3) is 0.167. The number of halogens is 3. The van der Waals surface area contributed by atoms with Gasteiger partial charge in [0.15, 0.2) is 0 Å². The van der Waals surface area contributed by atoms with Gasteiger partial charge >= 0.3 is 6.18 Å². The van der Waals surface area contributed by atoms with Gasteiger partial charge in [0.05, 0.1) is 18.4 Å². The van der Waals surface area contributed by atoms with E-state index in [9.17, 15) is 13.2 Å². The number of amidine groups is 1. The van der Waals surface area contributed by atoms with Crippen LogP contribution in [0.25, 0.3) is 0 Å². The van der Waals surface area contributed by atoms with Crippen LogP contribution >= 0.6 is 0 Å². The van der Waals surface area contributed by atoms with Crippen LogP contribution < -0.4 is 10.5 Å². The molecule has 0 radical (unpaired) electrons. The summed E-state index contributed by atoms with van der Waals surface area (Å²) >= 11 is 0. The van der Waals surface area contributed by atoms with Crippen LogP contribution in [0.2, 0.25) is 0 Å². The van der Waals surface area contributed by atoms with Crippen LogP contribution in [0.3, 0.4) is 0 Å². The molecule has 1 aliphatic carbocycles. The molecule has 0 saturated carbocycles. The smallest absolute Gasteiger partial charge is 0.416 e. The summed E-state index contributed by atoms with van der Waals surface area (Å²) in [5, 5.41) is 0. The van der Waals surface area contributed by atoms with E-state index in [1.807, 2.05) is 0 Å². The largest absolute Gasteiger partial charge is 0.497 e. The van der Waals surface area contributed by atoms with E-state index < -0.39 is 11.7 Å². The van der Waals surface area contributed by atoms with Gasteiger partial charge in [0.2, 0.25) is 0 Å². The first kappa shape index (κ1) is 17.6. The number of nitrogens with two attached hydrogens (primary N) is 1. The zero-order valence-electron chi connectivity index (χ0n) is 13.1. The van der Waals surface area contributed by atoms with Crippen molar-refractivity contribution >= 4 is 5.84 Å². The highest BCUT2D eigenvalue weighted by Gasteiger charge is 2.31.